The van der Waals surface area contributed by atoms with Crippen molar-refractivity contribution in [2.45, 2.75) is 5.92 Å². The SMILES string of the molecule is O=C(Nc1nccc(C(=O)O)c1Cl)OCC1c2ccccc2-c2ccccc21. The Hall–Kier alpha value is -3.38. The van der Waals surface area contributed by atoms with Crippen molar-refractivity contribution in [1.82, 2.24) is 4.98 Å². The molecule has 0 saturated heterocycles. The predicted octanol–water partition coefficient (Wildman–Crippen LogP) is 4.79. The molecule has 2 N–H and O–H groups in total. The number of nitrogens with zero attached hydrogens (tertiary/aromatic N) is 1. The maximum absolute atomic E-state index is 12.2. The van der Waals surface area contributed by atoms with Crippen molar-refractivity contribution >= 4 is 29.5 Å². The molecule has 1 aliphatic rings. The molecule has 28 heavy (non-hydrogen) atoms. The van der Waals surface area contributed by atoms with Crippen LogP contribution in [0.15, 0.2) is 60.8 Å². The van der Waals surface area contributed by atoms with Gasteiger partial charge in [0.1, 0.15) is 6.61 Å². The monoisotopic (exact) mass is 394 g/mol. The van der Waals surface area contributed by atoms with Gasteiger partial charge in [0.25, 0.3) is 0 Å². The van der Waals surface area contributed by atoms with E-state index in [0.29, 0.717) is 0 Å². The highest BCUT2D eigenvalue weighted by atomic mass is 35.5. The number of nitrogens with one attached hydrogen (secondary N) is 1. The Labute approximate surface area is 165 Å². The number of rotatable bonds is 4. The van der Waals surface area contributed by atoms with Crippen molar-refractivity contribution in [3.8, 4) is 11.1 Å². The number of ether oxygens (including phenoxy) is 1. The molecule has 0 aliphatic heterocycles. The summed E-state index contributed by atoms with van der Waals surface area (Å²) in [6.07, 6.45) is 0.507. The first-order valence-electron chi connectivity index (χ1n) is 8.56. The molecule has 0 bridgehead atoms. The number of aromatic nitrogens is 1. The molecule has 1 amide bonds. The van der Waals surface area contributed by atoms with Crippen LogP contribution >= 0.6 is 11.6 Å². The first kappa shape index (κ1) is 18.0. The number of benzene rings is 2. The first-order valence-corrected chi connectivity index (χ1v) is 8.94. The molecule has 140 valence electrons. The highest BCUT2D eigenvalue weighted by molar-refractivity contribution is 6.36. The Morgan fingerprint density at radius 1 is 1.04 bits per heavy atom. The average Bonchev–Trinajstić information content (AvgIpc) is 3.02. The summed E-state index contributed by atoms with van der Waals surface area (Å²) in [7, 11) is 0. The standard InChI is InChI=1S/C21H15ClN2O4/c22-18-16(20(25)26)9-10-23-19(18)24-21(27)28-11-17-14-7-3-1-5-12(14)13-6-2-4-8-15(13)17/h1-10,17H,11H2,(H,25,26)(H,23,24,27). The number of anilines is 1. The largest absolute Gasteiger partial charge is 0.478 e. The van der Waals surface area contributed by atoms with Crippen LogP contribution < -0.4 is 5.32 Å². The molecule has 0 radical (unpaired) electrons. The van der Waals surface area contributed by atoms with Gasteiger partial charge in [0, 0.05) is 12.1 Å². The molecule has 2 aromatic carbocycles. The summed E-state index contributed by atoms with van der Waals surface area (Å²) in [5.41, 5.74) is 4.31. The van der Waals surface area contributed by atoms with E-state index in [1.807, 2.05) is 36.4 Å². The maximum atomic E-state index is 12.2. The van der Waals surface area contributed by atoms with Gasteiger partial charge in [-0.1, -0.05) is 60.1 Å². The van der Waals surface area contributed by atoms with E-state index >= 15 is 0 Å². The normalized spacial score (nSPS) is 12.2. The Bertz CT molecular complexity index is 1040. The topological polar surface area (TPSA) is 88.5 Å². The summed E-state index contributed by atoms with van der Waals surface area (Å²) in [6, 6.07) is 17.3. The molecule has 0 fully saturated rings. The summed E-state index contributed by atoms with van der Waals surface area (Å²) in [6.45, 7) is 0.135. The Morgan fingerprint density at radius 2 is 1.64 bits per heavy atom. The number of carbonyl (C=O) groups excluding carboxylic acids is 1. The number of fused-ring (bicyclic) bond motifs is 3. The lowest BCUT2D eigenvalue weighted by atomic mass is 9.98. The van der Waals surface area contributed by atoms with E-state index in [4.69, 9.17) is 21.4 Å². The number of carboxylic acids is 1. The lowest BCUT2D eigenvalue weighted by molar-refractivity contribution is 0.0697. The van der Waals surface area contributed by atoms with Crippen LogP contribution in [0.3, 0.4) is 0 Å². The van der Waals surface area contributed by atoms with E-state index in [9.17, 15) is 9.59 Å². The van der Waals surface area contributed by atoms with Crippen LogP contribution in [0.1, 0.15) is 27.4 Å². The molecule has 6 nitrogen and oxygen atoms in total. The number of carboxylic acid groups (broad SMARTS) is 1. The first-order chi connectivity index (χ1) is 13.6. The van der Waals surface area contributed by atoms with Gasteiger partial charge in [0.2, 0.25) is 0 Å². The lowest BCUT2D eigenvalue weighted by Gasteiger charge is -2.15. The van der Waals surface area contributed by atoms with Gasteiger partial charge in [-0.25, -0.2) is 14.6 Å². The number of hydrogen-bond acceptors (Lipinski definition) is 4. The fraction of sp³-hybridized carbons (Fsp3) is 0.0952. The number of pyridine rings is 1. The second-order valence-electron chi connectivity index (χ2n) is 6.28. The highest BCUT2D eigenvalue weighted by Gasteiger charge is 2.29. The Balaban J connectivity index is 1.50. The van der Waals surface area contributed by atoms with Crippen LogP contribution in [0.2, 0.25) is 5.02 Å². The number of halogens is 1. The van der Waals surface area contributed by atoms with E-state index in [1.165, 1.54) is 12.3 Å². The zero-order chi connectivity index (χ0) is 19.7. The molecule has 1 aliphatic carbocycles. The second-order valence-corrected chi connectivity index (χ2v) is 6.65. The molecule has 7 heteroatoms. The summed E-state index contributed by atoms with van der Waals surface area (Å²) >= 11 is 6.00. The van der Waals surface area contributed by atoms with Gasteiger partial charge in [-0.2, -0.15) is 0 Å². The number of amides is 1. The summed E-state index contributed by atoms with van der Waals surface area (Å²) in [5.74, 6) is -1.34. The fourth-order valence-corrected chi connectivity index (χ4v) is 3.67. The van der Waals surface area contributed by atoms with E-state index in [2.05, 4.69) is 22.4 Å². The van der Waals surface area contributed by atoms with Crippen molar-refractivity contribution in [2.75, 3.05) is 11.9 Å². The van der Waals surface area contributed by atoms with Gasteiger partial charge in [-0.3, -0.25) is 5.32 Å². The van der Waals surface area contributed by atoms with E-state index in [-0.39, 0.29) is 28.9 Å². The second kappa shape index (κ2) is 7.32. The fourth-order valence-electron chi connectivity index (χ4n) is 3.43. The zero-order valence-electron chi connectivity index (χ0n) is 14.6. The quantitative estimate of drug-likeness (QED) is 0.663. The molecule has 0 saturated carbocycles. The third-order valence-corrected chi connectivity index (χ3v) is 5.07. The van der Waals surface area contributed by atoms with Crippen LogP contribution in [0, 0.1) is 0 Å². The van der Waals surface area contributed by atoms with Crippen LogP contribution in [0.5, 0.6) is 0 Å². The summed E-state index contributed by atoms with van der Waals surface area (Å²) < 4.78 is 5.40. The van der Waals surface area contributed by atoms with Gasteiger partial charge in [-0.05, 0) is 28.3 Å². The maximum Gasteiger partial charge on any atom is 0.412 e. The molecule has 0 spiro atoms. The number of hydrogen-bond donors (Lipinski definition) is 2. The molecule has 4 rings (SSSR count). The molecular formula is C21H15ClN2O4. The zero-order valence-corrected chi connectivity index (χ0v) is 15.3. The number of carbonyl (C=O) groups is 2. The molecule has 1 aromatic heterocycles. The highest BCUT2D eigenvalue weighted by Crippen LogP contribution is 2.44. The smallest absolute Gasteiger partial charge is 0.412 e. The molecule has 1 heterocycles. The average molecular weight is 395 g/mol. The van der Waals surface area contributed by atoms with E-state index in [1.54, 1.807) is 0 Å². The van der Waals surface area contributed by atoms with Gasteiger partial charge < -0.3 is 9.84 Å². The summed E-state index contributed by atoms with van der Waals surface area (Å²) in [4.78, 5) is 27.3. The van der Waals surface area contributed by atoms with E-state index in [0.717, 1.165) is 22.3 Å². The van der Waals surface area contributed by atoms with E-state index < -0.39 is 12.1 Å². The predicted molar refractivity (Wildman–Crippen MR) is 105 cm³/mol. The van der Waals surface area contributed by atoms with Crippen LogP contribution in [0.4, 0.5) is 10.6 Å². The van der Waals surface area contributed by atoms with Crippen LogP contribution in [-0.2, 0) is 4.74 Å². The van der Waals surface area contributed by atoms with Gasteiger partial charge in [-0.15, -0.1) is 0 Å². The minimum absolute atomic E-state index is 0.0567. The Morgan fingerprint density at radius 3 is 2.25 bits per heavy atom. The van der Waals surface area contributed by atoms with Gasteiger partial charge in [0.05, 0.1) is 10.6 Å². The summed E-state index contributed by atoms with van der Waals surface area (Å²) in [5, 5.41) is 11.4. The van der Waals surface area contributed by atoms with Crippen molar-refractivity contribution in [3.63, 3.8) is 0 Å². The Kier molecular flexibility index (Phi) is 4.71. The van der Waals surface area contributed by atoms with Gasteiger partial charge >= 0.3 is 12.1 Å². The molecule has 0 atom stereocenters. The number of aromatic carboxylic acids is 1. The molecule has 3 aromatic rings. The third kappa shape index (κ3) is 3.18. The van der Waals surface area contributed by atoms with Crippen molar-refractivity contribution < 1.29 is 19.4 Å². The van der Waals surface area contributed by atoms with Crippen molar-refractivity contribution in [3.05, 3.63) is 82.5 Å². The molecule has 0 unspecified atom stereocenters. The van der Waals surface area contributed by atoms with Crippen LogP contribution in [-0.4, -0.2) is 28.8 Å². The lowest BCUT2D eigenvalue weighted by Crippen LogP contribution is -2.19. The minimum Gasteiger partial charge on any atom is -0.478 e. The van der Waals surface area contributed by atoms with Crippen molar-refractivity contribution in [2.24, 2.45) is 0 Å². The molecular weight excluding hydrogens is 380 g/mol. The van der Waals surface area contributed by atoms with Crippen LogP contribution in [0.25, 0.3) is 11.1 Å². The third-order valence-electron chi connectivity index (χ3n) is 4.68. The van der Waals surface area contributed by atoms with Crippen molar-refractivity contribution in [1.29, 1.82) is 0 Å². The minimum atomic E-state index is -1.21. The van der Waals surface area contributed by atoms with Gasteiger partial charge in [0.15, 0.2) is 5.82 Å².